The summed E-state index contributed by atoms with van der Waals surface area (Å²) >= 11 is 0. The molecule has 0 bridgehead atoms. The highest BCUT2D eigenvalue weighted by Gasteiger charge is 2.16. The van der Waals surface area contributed by atoms with E-state index in [1.165, 1.54) is 0 Å². The third kappa shape index (κ3) is 1.18. The summed E-state index contributed by atoms with van der Waals surface area (Å²) in [6.07, 6.45) is 0.934. The molecule has 0 radical (unpaired) electrons. The highest BCUT2D eigenvalue weighted by molar-refractivity contribution is 5.02. The summed E-state index contributed by atoms with van der Waals surface area (Å²) in [5.74, 6) is 1.40. The van der Waals surface area contributed by atoms with Crippen molar-refractivity contribution in [2.45, 2.75) is 20.3 Å². The maximum atomic E-state index is 9.20. The van der Waals surface area contributed by atoms with Gasteiger partial charge >= 0.3 is 0 Å². The molecule has 52 valence electrons. The van der Waals surface area contributed by atoms with Gasteiger partial charge in [0.05, 0.1) is 6.61 Å². The number of hydrogen-bond donors (Lipinski definition) is 1. The third-order valence-electron chi connectivity index (χ3n) is 1.70. The van der Waals surface area contributed by atoms with Gasteiger partial charge in [0.15, 0.2) is 0 Å². The lowest BCUT2D eigenvalue weighted by molar-refractivity contribution is 0.131. The molecule has 1 unspecified atom stereocenters. The monoisotopic (exact) mass is 128 g/mol. The molecule has 9 heavy (non-hydrogen) atoms. The van der Waals surface area contributed by atoms with Crippen molar-refractivity contribution < 1.29 is 9.84 Å². The van der Waals surface area contributed by atoms with Crippen molar-refractivity contribution in [3.05, 3.63) is 11.5 Å². The second-order valence-corrected chi connectivity index (χ2v) is 2.48. The third-order valence-corrected chi connectivity index (χ3v) is 1.70. The molecule has 1 aliphatic heterocycles. The molecule has 1 aliphatic rings. The van der Waals surface area contributed by atoms with E-state index in [0.29, 0.717) is 17.4 Å². The summed E-state index contributed by atoms with van der Waals surface area (Å²) < 4.78 is 5.09. The topological polar surface area (TPSA) is 29.5 Å². The van der Waals surface area contributed by atoms with Crippen LogP contribution < -0.4 is 0 Å². The molecule has 1 N–H and O–H groups in total. The summed E-state index contributed by atoms with van der Waals surface area (Å²) in [5, 5.41) is 9.20. The molecule has 1 heterocycles. The number of ether oxygens (including phenoxy) is 1. The zero-order valence-electron chi connectivity index (χ0n) is 5.85. The van der Waals surface area contributed by atoms with Gasteiger partial charge in [0, 0.05) is 5.92 Å². The Morgan fingerprint density at radius 1 is 1.67 bits per heavy atom. The fourth-order valence-electron chi connectivity index (χ4n) is 0.946. The van der Waals surface area contributed by atoms with E-state index >= 15 is 0 Å². The largest absolute Gasteiger partial charge is 0.509 e. The molecule has 0 saturated carbocycles. The molecule has 0 aromatic carbocycles. The van der Waals surface area contributed by atoms with Crippen LogP contribution in [0.25, 0.3) is 0 Å². The zero-order chi connectivity index (χ0) is 6.85. The van der Waals surface area contributed by atoms with Gasteiger partial charge in [-0.15, -0.1) is 0 Å². The zero-order valence-corrected chi connectivity index (χ0v) is 5.85. The van der Waals surface area contributed by atoms with Gasteiger partial charge in [-0.25, -0.2) is 0 Å². The number of aliphatic hydroxyl groups is 1. The maximum Gasteiger partial charge on any atom is 0.132 e. The van der Waals surface area contributed by atoms with Crippen LogP contribution in [0.3, 0.4) is 0 Å². The first-order valence-corrected chi connectivity index (χ1v) is 3.24. The Labute approximate surface area is 55.1 Å². The van der Waals surface area contributed by atoms with Crippen LogP contribution >= 0.6 is 0 Å². The first-order chi connectivity index (χ1) is 4.22. The van der Waals surface area contributed by atoms with Gasteiger partial charge in [-0.2, -0.15) is 0 Å². The van der Waals surface area contributed by atoms with Crippen LogP contribution in [0, 0.1) is 5.92 Å². The van der Waals surface area contributed by atoms with Crippen LogP contribution in [-0.2, 0) is 4.74 Å². The molecular weight excluding hydrogens is 116 g/mol. The van der Waals surface area contributed by atoms with Gasteiger partial charge < -0.3 is 9.84 Å². The summed E-state index contributed by atoms with van der Waals surface area (Å²) in [4.78, 5) is 0. The Bertz CT molecular complexity index is 138. The van der Waals surface area contributed by atoms with Crippen molar-refractivity contribution in [3.63, 3.8) is 0 Å². The van der Waals surface area contributed by atoms with Crippen LogP contribution in [0.2, 0.25) is 0 Å². The van der Waals surface area contributed by atoms with Crippen molar-refractivity contribution >= 4 is 0 Å². The molecule has 0 fully saturated rings. The Morgan fingerprint density at radius 3 is 2.78 bits per heavy atom. The number of allylic oxidation sites excluding steroid dienone is 2. The maximum absolute atomic E-state index is 9.20. The Balaban J connectivity index is 2.72. The molecule has 0 aromatic heterocycles. The van der Waals surface area contributed by atoms with Gasteiger partial charge in [0.25, 0.3) is 0 Å². The Morgan fingerprint density at radius 2 is 2.33 bits per heavy atom. The first kappa shape index (κ1) is 6.46. The predicted molar refractivity (Wildman–Crippen MR) is 35.1 cm³/mol. The van der Waals surface area contributed by atoms with Gasteiger partial charge in [0.1, 0.15) is 11.5 Å². The number of hydrogen-bond acceptors (Lipinski definition) is 2. The average molecular weight is 128 g/mol. The highest BCUT2D eigenvalue weighted by atomic mass is 16.5. The SMILES string of the molecule is CC1=C(O)C(C)CCO1. The van der Waals surface area contributed by atoms with Crippen molar-refractivity contribution in [1.82, 2.24) is 0 Å². The van der Waals surface area contributed by atoms with E-state index < -0.39 is 0 Å². The lowest BCUT2D eigenvalue weighted by Gasteiger charge is -2.19. The van der Waals surface area contributed by atoms with Gasteiger partial charge in [0.2, 0.25) is 0 Å². The fourth-order valence-corrected chi connectivity index (χ4v) is 0.946. The summed E-state index contributed by atoms with van der Waals surface area (Å²) in [6, 6.07) is 0. The van der Waals surface area contributed by atoms with E-state index in [-0.39, 0.29) is 0 Å². The molecule has 0 spiro atoms. The van der Waals surface area contributed by atoms with Crippen molar-refractivity contribution in [2.24, 2.45) is 5.92 Å². The molecule has 0 amide bonds. The van der Waals surface area contributed by atoms with E-state index in [2.05, 4.69) is 0 Å². The standard InChI is InChI=1S/C7H12O2/c1-5-3-4-9-6(2)7(5)8/h5,8H,3-4H2,1-2H3. The lowest BCUT2D eigenvalue weighted by atomic mass is 10.0. The van der Waals surface area contributed by atoms with Crippen LogP contribution in [0.15, 0.2) is 11.5 Å². The molecule has 2 nitrogen and oxygen atoms in total. The average Bonchev–Trinajstić information content (AvgIpc) is 1.83. The first-order valence-electron chi connectivity index (χ1n) is 3.24. The summed E-state index contributed by atoms with van der Waals surface area (Å²) in [6.45, 7) is 4.55. The minimum atomic E-state index is 0.291. The van der Waals surface area contributed by atoms with Crippen LogP contribution in [0.1, 0.15) is 20.3 Å². The van der Waals surface area contributed by atoms with Gasteiger partial charge in [-0.05, 0) is 13.3 Å². The minimum absolute atomic E-state index is 0.291. The Hall–Kier alpha value is -0.660. The second-order valence-electron chi connectivity index (χ2n) is 2.48. The Kier molecular flexibility index (Phi) is 1.65. The number of rotatable bonds is 0. The quantitative estimate of drug-likeness (QED) is 0.539. The molecule has 0 aromatic rings. The molecule has 2 heteroatoms. The molecule has 0 saturated heterocycles. The highest BCUT2D eigenvalue weighted by Crippen LogP contribution is 2.21. The smallest absolute Gasteiger partial charge is 0.132 e. The van der Waals surface area contributed by atoms with Gasteiger partial charge in [-0.3, -0.25) is 0 Å². The van der Waals surface area contributed by atoms with E-state index in [1.807, 2.05) is 6.92 Å². The fraction of sp³-hybridized carbons (Fsp3) is 0.714. The van der Waals surface area contributed by atoms with Crippen LogP contribution in [0.4, 0.5) is 0 Å². The molecule has 1 atom stereocenters. The predicted octanol–water partition coefficient (Wildman–Crippen LogP) is 1.83. The number of aliphatic hydroxyl groups excluding tert-OH is 1. The molecular formula is C7H12O2. The second kappa shape index (κ2) is 2.29. The van der Waals surface area contributed by atoms with E-state index in [9.17, 15) is 5.11 Å². The summed E-state index contributed by atoms with van der Waals surface area (Å²) in [7, 11) is 0. The minimum Gasteiger partial charge on any atom is -0.509 e. The van der Waals surface area contributed by atoms with Gasteiger partial charge in [-0.1, -0.05) is 6.92 Å². The van der Waals surface area contributed by atoms with E-state index in [0.717, 1.165) is 13.0 Å². The van der Waals surface area contributed by atoms with Crippen molar-refractivity contribution in [3.8, 4) is 0 Å². The van der Waals surface area contributed by atoms with Crippen molar-refractivity contribution in [1.29, 1.82) is 0 Å². The molecule has 1 rings (SSSR count). The van der Waals surface area contributed by atoms with Crippen LogP contribution in [-0.4, -0.2) is 11.7 Å². The normalized spacial score (nSPS) is 28.0. The van der Waals surface area contributed by atoms with E-state index in [1.54, 1.807) is 6.92 Å². The summed E-state index contributed by atoms with van der Waals surface area (Å²) in [5.41, 5.74) is 0. The van der Waals surface area contributed by atoms with E-state index in [4.69, 9.17) is 4.74 Å². The molecule has 0 aliphatic carbocycles. The van der Waals surface area contributed by atoms with Crippen LogP contribution in [0.5, 0.6) is 0 Å². The van der Waals surface area contributed by atoms with Crippen molar-refractivity contribution in [2.75, 3.05) is 6.61 Å². The lowest BCUT2D eigenvalue weighted by Crippen LogP contribution is -2.12.